The van der Waals surface area contributed by atoms with E-state index in [2.05, 4.69) is 41.9 Å². The van der Waals surface area contributed by atoms with Crippen LogP contribution in [0.5, 0.6) is 17.2 Å². The van der Waals surface area contributed by atoms with Gasteiger partial charge in [0.25, 0.3) is 0 Å². The molecule has 0 bridgehead atoms. The second-order valence-electron chi connectivity index (χ2n) is 7.43. The molecule has 0 aliphatic rings. The summed E-state index contributed by atoms with van der Waals surface area (Å²) in [6.45, 7) is 5.33. The van der Waals surface area contributed by atoms with Gasteiger partial charge in [0.15, 0.2) is 0 Å². The average molecular weight is 459 g/mol. The third kappa shape index (κ3) is 5.81. The Kier molecular flexibility index (Phi) is 6.93. The molecule has 3 aromatic rings. The topological polar surface area (TPSA) is 27.7 Å². The molecule has 3 aromatic carbocycles. The van der Waals surface area contributed by atoms with Gasteiger partial charge in [-0.05, 0) is 75.6 Å². The van der Waals surface area contributed by atoms with Crippen LogP contribution in [0.3, 0.4) is 0 Å². The lowest BCUT2D eigenvalue weighted by Gasteiger charge is -2.26. The van der Waals surface area contributed by atoms with Crippen LogP contribution in [0.25, 0.3) is 0 Å². The molecule has 0 N–H and O–H groups in total. The molecule has 0 spiro atoms. The number of hydrogen-bond acceptors (Lipinski definition) is 3. The predicted octanol–water partition coefficient (Wildman–Crippen LogP) is 6.88. The van der Waals surface area contributed by atoms with E-state index in [1.165, 1.54) is 17.7 Å². The summed E-state index contributed by atoms with van der Waals surface area (Å²) in [4.78, 5) is 0. The van der Waals surface area contributed by atoms with E-state index in [1.807, 2.05) is 30.3 Å². The Morgan fingerprint density at radius 1 is 0.931 bits per heavy atom. The SMILES string of the molecule is COc1ccc(C(C)(C)COCc2cccc(Oc3ccc(F)cc3)c2)cc1Br. The molecule has 0 amide bonds. The van der Waals surface area contributed by atoms with Crippen LogP contribution in [0.4, 0.5) is 4.39 Å². The van der Waals surface area contributed by atoms with Crippen molar-refractivity contribution < 1.29 is 18.6 Å². The van der Waals surface area contributed by atoms with Gasteiger partial charge in [0, 0.05) is 5.41 Å². The van der Waals surface area contributed by atoms with Gasteiger partial charge in [-0.15, -0.1) is 0 Å². The molecule has 0 heterocycles. The summed E-state index contributed by atoms with van der Waals surface area (Å²) >= 11 is 3.54. The quantitative estimate of drug-likeness (QED) is 0.368. The van der Waals surface area contributed by atoms with Crippen molar-refractivity contribution in [2.75, 3.05) is 13.7 Å². The number of rotatable bonds is 8. The zero-order valence-corrected chi connectivity index (χ0v) is 18.3. The van der Waals surface area contributed by atoms with Crippen molar-refractivity contribution in [3.8, 4) is 17.2 Å². The van der Waals surface area contributed by atoms with Gasteiger partial charge in [-0.1, -0.05) is 32.0 Å². The number of ether oxygens (including phenoxy) is 3. The average Bonchev–Trinajstić information content (AvgIpc) is 2.70. The zero-order valence-electron chi connectivity index (χ0n) is 16.7. The van der Waals surface area contributed by atoms with Crippen molar-refractivity contribution in [3.05, 3.63) is 88.1 Å². The molecule has 0 radical (unpaired) electrons. The first kappa shape index (κ1) is 21.3. The van der Waals surface area contributed by atoms with E-state index in [-0.39, 0.29) is 11.2 Å². The van der Waals surface area contributed by atoms with Crippen LogP contribution in [-0.2, 0) is 16.8 Å². The molecule has 152 valence electrons. The van der Waals surface area contributed by atoms with Gasteiger partial charge in [0.05, 0.1) is 24.8 Å². The van der Waals surface area contributed by atoms with Gasteiger partial charge in [0.2, 0.25) is 0 Å². The Balaban J connectivity index is 1.59. The molecule has 0 aliphatic heterocycles. The number of halogens is 2. The highest BCUT2D eigenvalue weighted by Crippen LogP contribution is 2.32. The number of hydrogen-bond donors (Lipinski definition) is 0. The van der Waals surface area contributed by atoms with Crippen molar-refractivity contribution in [1.82, 2.24) is 0 Å². The van der Waals surface area contributed by atoms with Crippen LogP contribution in [0, 0.1) is 5.82 Å². The first-order chi connectivity index (χ1) is 13.9. The number of methoxy groups -OCH3 is 1. The predicted molar refractivity (Wildman–Crippen MR) is 116 cm³/mol. The summed E-state index contributed by atoms with van der Waals surface area (Å²) in [5, 5.41) is 0. The van der Waals surface area contributed by atoms with E-state index in [9.17, 15) is 4.39 Å². The van der Waals surface area contributed by atoms with Crippen molar-refractivity contribution in [3.63, 3.8) is 0 Å². The Bertz CT molecular complexity index is 955. The monoisotopic (exact) mass is 458 g/mol. The first-order valence-corrected chi connectivity index (χ1v) is 10.1. The van der Waals surface area contributed by atoms with E-state index in [4.69, 9.17) is 14.2 Å². The summed E-state index contributed by atoms with van der Waals surface area (Å²) in [7, 11) is 1.65. The molecule has 3 nitrogen and oxygen atoms in total. The van der Waals surface area contributed by atoms with Crippen LogP contribution in [-0.4, -0.2) is 13.7 Å². The highest BCUT2D eigenvalue weighted by Gasteiger charge is 2.22. The van der Waals surface area contributed by atoms with Gasteiger partial charge in [-0.25, -0.2) is 4.39 Å². The van der Waals surface area contributed by atoms with Crippen LogP contribution in [0.1, 0.15) is 25.0 Å². The summed E-state index contributed by atoms with van der Waals surface area (Å²) in [6, 6.07) is 19.8. The molecule has 0 saturated heterocycles. The third-order valence-corrected chi connectivity index (χ3v) is 5.23. The standard InChI is InChI=1S/C24H24BrFO3/c1-24(2,18-7-12-23(27-3)22(25)14-18)16-28-15-17-5-4-6-21(13-17)29-20-10-8-19(26)9-11-20/h4-14H,15-16H2,1-3H3. The fourth-order valence-electron chi connectivity index (χ4n) is 2.93. The third-order valence-electron chi connectivity index (χ3n) is 4.61. The van der Waals surface area contributed by atoms with Gasteiger partial charge in [-0.3, -0.25) is 0 Å². The van der Waals surface area contributed by atoms with Gasteiger partial charge in [0.1, 0.15) is 23.1 Å². The minimum absolute atomic E-state index is 0.156. The van der Waals surface area contributed by atoms with Crippen molar-refractivity contribution >= 4 is 15.9 Å². The van der Waals surface area contributed by atoms with Crippen LogP contribution in [0.15, 0.2) is 71.2 Å². The Labute approximate surface area is 179 Å². The lowest BCUT2D eigenvalue weighted by Crippen LogP contribution is -2.24. The lowest BCUT2D eigenvalue weighted by atomic mass is 9.85. The van der Waals surface area contributed by atoms with Crippen LogP contribution >= 0.6 is 15.9 Å². The fraction of sp³-hybridized carbons (Fsp3) is 0.250. The molecule has 5 heteroatoms. The molecule has 0 unspecified atom stereocenters. The first-order valence-electron chi connectivity index (χ1n) is 9.31. The van der Waals surface area contributed by atoms with Crippen LogP contribution < -0.4 is 9.47 Å². The largest absolute Gasteiger partial charge is 0.496 e. The number of benzene rings is 3. The minimum Gasteiger partial charge on any atom is -0.496 e. The van der Waals surface area contributed by atoms with E-state index >= 15 is 0 Å². The molecular formula is C24H24BrFO3. The van der Waals surface area contributed by atoms with Crippen molar-refractivity contribution in [2.45, 2.75) is 25.9 Å². The fourth-order valence-corrected chi connectivity index (χ4v) is 3.47. The molecule has 3 rings (SSSR count). The molecular weight excluding hydrogens is 435 g/mol. The highest BCUT2D eigenvalue weighted by atomic mass is 79.9. The molecule has 0 atom stereocenters. The summed E-state index contributed by atoms with van der Waals surface area (Å²) in [5.74, 6) is 1.81. The van der Waals surface area contributed by atoms with Crippen LogP contribution in [0.2, 0.25) is 0 Å². The lowest BCUT2D eigenvalue weighted by molar-refractivity contribution is 0.0824. The maximum Gasteiger partial charge on any atom is 0.133 e. The second kappa shape index (κ2) is 9.42. The van der Waals surface area contributed by atoms with Gasteiger partial charge >= 0.3 is 0 Å². The second-order valence-corrected chi connectivity index (χ2v) is 8.28. The molecule has 0 fully saturated rings. The minimum atomic E-state index is -0.286. The van der Waals surface area contributed by atoms with E-state index in [0.717, 1.165) is 15.8 Å². The smallest absolute Gasteiger partial charge is 0.133 e. The van der Waals surface area contributed by atoms with Crippen molar-refractivity contribution in [1.29, 1.82) is 0 Å². The molecule has 0 aliphatic carbocycles. The zero-order chi connectivity index (χ0) is 20.9. The Hall–Kier alpha value is -2.37. The Morgan fingerprint density at radius 3 is 2.38 bits per heavy atom. The normalized spacial score (nSPS) is 11.3. The van der Waals surface area contributed by atoms with E-state index < -0.39 is 0 Å². The van der Waals surface area contributed by atoms with E-state index in [0.29, 0.717) is 24.7 Å². The summed E-state index contributed by atoms with van der Waals surface area (Å²) in [6.07, 6.45) is 0. The van der Waals surface area contributed by atoms with E-state index in [1.54, 1.807) is 19.2 Å². The molecule has 0 aromatic heterocycles. The van der Waals surface area contributed by atoms with Gasteiger partial charge in [-0.2, -0.15) is 0 Å². The maximum absolute atomic E-state index is 13.0. The Morgan fingerprint density at radius 2 is 1.69 bits per heavy atom. The van der Waals surface area contributed by atoms with Gasteiger partial charge < -0.3 is 14.2 Å². The summed E-state index contributed by atoms with van der Waals surface area (Å²) in [5.41, 5.74) is 2.02. The highest BCUT2D eigenvalue weighted by molar-refractivity contribution is 9.10. The maximum atomic E-state index is 13.0. The van der Waals surface area contributed by atoms with Crippen molar-refractivity contribution in [2.24, 2.45) is 0 Å². The molecule has 29 heavy (non-hydrogen) atoms. The summed E-state index contributed by atoms with van der Waals surface area (Å²) < 4.78 is 31.0. The molecule has 0 saturated carbocycles.